The molecule has 4 rings (SSSR count). The van der Waals surface area contributed by atoms with Crippen molar-refractivity contribution >= 4 is 11.6 Å². The third-order valence-corrected chi connectivity index (χ3v) is 6.03. The van der Waals surface area contributed by atoms with Crippen LogP contribution in [0.2, 0.25) is 0 Å². The van der Waals surface area contributed by atoms with E-state index in [1.807, 2.05) is 66.7 Å². The van der Waals surface area contributed by atoms with E-state index in [9.17, 15) is 4.79 Å². The van der Waals surface area contributed by atoms with Gasteiger partial charge in [-0.15, -0.1) is 0 Å². The van der Waals surface area contributed by atoms with Gasteiger partial charge in [-0.3, -0.25) is 4.79 Å². The average Bonchev–Trinajstić information content (AvgIpc) is 2.96. The molecule has 0 spiro atoms. The second kappa shape index (κ2) is 6.75. The highest BCUT2D eigenvalue weighted by Gasteiger charge is 2.57. The van der Waals surface area contributed by atoms with Crippen LogP contribution in [0.4, 0.5) is 0 Å². The molecule has 3 heteroatoms. The van der Waals surface area contributed by atoms with Crippen LogP contribution in [0.1, 0.15) is 42.3 Å². The van der Waals surface area contributed by atoms with Gasteiger partial charge in [-0.2, -0.15) is 5.10 Å². The summed E-state index contributed by atoms with van der Waals surface area (Å²) in [5.41, 5.74) is 2.66. The molecule has 0 bridgehead atoms. The van der Waals surface area contributed by atoms with Gasteiger partial charge in [-0.1, -0.05) is 92.7 Å². The van der Waals surface area contributed by atoms with Crippen LogP contribution in [0.25, 0.3) is 0 Å². The number of carbonyl (C=O) groups is 1. The summed E-state index contributed by atoms with van der Waals surface area (Å²) < 4.78 is 0. The lowest BCUT2D eigenvalue weighted by Gasteiger charge is -2.43. The Kier molecular flexibility index (Phi) is 4.38. The number of hydrogen-bond acceptors (Lipinski definition) is 2. The zero-order valence-corrected chi connectivity index (χ0v) is 16.5. The van der Waals surface area contributed by atoms with Crippen molar-refractivity contribution in [3.63, 3.8) is 0 Å². The van der Waals surface area contributed by atoms with Crippen molar-refractivity contribution in [3.05, 3.63) is 108 Å². The van der Waals surface area contributed by atoms with Crippen molar-refractivity contribution in [3.8, 4) is 0 Å². The van der Waals surface area contributed by atoms with E-state index in [0.29, 0.717) is 5.56 Å². The van der Waals surface area contributed by atoms with Crippen LogP contribution in [-0.4, -0.2) is 16.6 Å². The summed E-state index contributed by atoms with van der Waals surface area (Å²) in [6, 6.07) is 29.7. The van der Waals surface area contributed by atoms with Crippen LogP contribution in [0, 0.1) is 5.41 Å². The van der Waals surface area contributed by atoms with E-state index in [1.54, 1.807) is 5.01 Å². The summed E-state index contributed by atoms with van der Waals surface area (Å²) in [6.07, 6.45) is 0. The number of benzene rings is 3. The van der Waals surface area contributed by atoms with E-state index < -0.39 is 5.54 Å². The molecule has 1 aliphatic rings. The number of carbonyl (C=O) groups excluding carboxylic acids is 1. The van der Waals surface area contributed by atoms with E-state index in [1.165, 1.54) is 0 Å². The van der Waals surface area contributed by atoms with Crippen LogP contribution in [-0.2, 0) is 5.54 Å². The molecular formula is C25H24N2O. The second-order valence-electron chi connectivity index (χ2n) is 7.86. The molecule has 0 fully saturated rings. The predicted octanol–water partition coefficient (Wildman–Crippen LogP) is 5.49. The van der Waals surface area contributed by atoms with Crippen LogP contribution in [0.3, 0.4) is 0 Å². The van der Waals surface area contributed by atoms with Crippen molar-refractivity contribution in [2.45, 2.75) is 26.3 Å². The highest BCUT2D eigenvalue weighted by atomic mass is 16.2. The van der Waals surface area contributed by atoms with E-state index >= 15 is 0 Å². The summed E-state index contributed by atoms with van der Waals surface area (Å²) in [5.74, 6) is -0.0917. The van der Waals surface area contributed by atoms with E-state index in [0.717, 1.165) is 16.8 Å². The molecule has 140 valence electrons. The molecule has 3 nitrogen and oxygen atoms in total. The van der Waals surface area contributed by atoms with Crippen LogP contribution in [0.5, 0.6) is 0 Å². The number of nitrogens with zero attached hydrogens (tertiary/aromatic N) is 2. The van der Waals surface area contributed by atoms with Gasteiger partial charge in [-0.05, 0) is 30.2 Å². The molecule has 0 N–H and O–H groups in total. The molecule has 3 aromatic carbocycles. The Labute approximate surface area is 166 Å². The quantitative estimate of drug-likeness (QED) is 0.602. The summed E-state index contributed by atoms with van der Waals surface area (Å²) in [7, 11) is 0. The Hall–Kier alpha value is -3.20. The Balaban J connectivity index is 1.91. The van der Waals surface area contributed by atoms with E-state index in [2.05, 4.69) is 45.0 Å². The normalized spacial score (nSPS) is 20.7. The lowest BCUT2D eigenvalue weighted by molar-refractivity contribution is 0.0373. The smallest absolute Gasteiger partial charge is 0.267 e. The fourth-order valence-electron chi connectivity index (χ4n) is 4.03. The summed E-state index contributed by atoms with van der Waals surface area (Å²) in [5, 5.41) is 6.60. The molecule has 0 saturated heterocycles. The van der Waals surface area contributed by atoms with E-state index in [4.69, 9.17) is 5.10 Å². The number of hydrogen-bond donors (Lipinski definition) is 0. The van der Waals surface area contributed by atoms with Crippen molar-refractivity contribution in [1.29, 1.82) is 0 Å². The molecule has 1 unspecified atom stereocenters. The first kappa shape index (κ1) is 18.2. The molecule has 0 radical (unpaired) electrons. The molecule has 0 aliphatic carbocycles. The maximum Gasteiger partial charge on any atom is 0.274 e. The van der Waals surface area contributed by atoms with Crippen molar-refractivity contribution in [1.82, 2.24) is 5.01 Å². The van der Waals surface area contributed by atoms with Gasteiger partial charge >= 0.3 is 0 Å². The van der Waals surface area contributed by atoms with Gasteiger partial charge < -0.3 is 0 Å². The van der Waals surface area contributed by atoms with Crippen molar-refractivity contribution in [2.24, 2.45) is 10.5 Å². The molecule has 0 aromatic heterocycles. The number of hydrazone groups is 1. The SMILES string of the molecule is CC1(C)C(c2ccccc2)=NN(C(=O)c2ccccc2)C1(C)c1ccccc1. The zero-order valence-electron chi connectivity index (χ0n) is 16.5. The maximum absolute atomic E-state index is 13.5. The highest BCUT2D eigenvalue weighted by Crippen LogP contribution is 2.51. The minimum atomic E-state index is -0.619. The Morgan fingerprint density at radius 1 is 0.750 bits per heavy atom. The van der Waals surface area contributed by atoms with Crippen LogP contribution in [0.15, 0.2) is 96.1 Å². The first-order valence-corrected chi connectivity index (χ1v) is 9.56. The standard InChI is InChI=1S/C25H24N2O/c1-24(2)22(19-13-7-4-8-14-19)26-27(23(28)20-15-9-5-10-16-20)25(24,3)21-17-11-6-12-18-21/h4-18H,1-3H3. The first-order chi connectivity index (χ1) is 13.5. The maximum atomic E-state index is 13.5. The second-order valence-corrected chi connectivity index (χ2v) is 7.86. The Morgan fingerprint density at radius 3 is 1.82 bits per heavy atom. The van der Waals surface area contributed by atoms with Crippen molar-refractivity contribution in [2.75, 3.05) is 0 Å². The Morgan fingerprint density at radius 2 is 1.25 bits per heavy atom. The topological polar surface area (TPSA) is 32.7 Å². The summed E-state index contributed by atoms with van der Waals surface area (Å²) >= 11 is 0. The van der Waals surface area contributed by atoms with Gasteiger partial charge in [-0.25, -0.2) is 5.01 Å². The molecule has 1 atom stereocenters. The molecule has 1 heterocycles. The van der Waals surface area contributed by atoms with Crippen LogP contribution < -0.4 is 0 Å². The van der Waals surface area contributed by atoms with E-state index in [-0.39, 0.29) is 11.3 Å². The Bertz CT molecular complexity index is 1010. The minimum Gasteiger partial charge on any atom is -0.267 e. The monoisotopic (exact) mass is 368 g/mol. The average molecular weight is 368 g/mol. The van der Waals surface area contributed by atoms with Gasteiger partial charge in [0.25, 0.3) is 5.91 Å². The third-order valence-electron chi connectivity index (χ3n) is 6.03. The van der Waals surface area contributed by atoms with Gasteiger partial charge in [0.1, 0.15) is 0 Å². The predicted molar refractivity (Wildman–Crippen MR) is 113 cm³/mol. The molecular weight excluding hydrogens is 344 g/mol. The summed E-state index contributed by atoms with van der Waals surface area (Å²) in [4.78, 5) is 13.5. The fraction of sp³-hybridized carbons (Fsp3) is 0.200. The fourth-order valence-corrected chi connectivity index (χ4v) is 4.03. The highest BCUT2D eigenvalue weighted by molar-refractivity contribution is 6.09. The number of rotatable bonds is 3. The molecule has 28 heavy (non-hydrogen) atoms. The third kappa shape index (κ3) is 2.66. The van der Waals surface area contributed by atoms with Crippen molar-refractivity contribution < 1.29 is 4.79 Å². The molecule has 0 saturated carbocycles. The molecule has 1 amide bonds. The van der Waals surface area contributed by atoms with Crippen LogP contribution >= 0.6 is 0 Å². The molecule has 3 aromatic rings. The first-order valence-electron chi connectivity index (χ1n) is 9.56. The largest absolute Gasteiger partial charge is 0.274 e. The van der Waals surface area contributed by atoms with Gasteiger partial charge in [0.15, 0.2) is 0 Å². The lowest BCUT2D eigenvalue weighted by atomic mass is 9.66. The molecule has 1 aliphatic heterocycles. The van der Waals surface area contributed by atoms with Gasteiger partial charge in [0, 0.05) is 11.0 Å². The summed E-state index contributed by atoms with van der Waals surface area (Å²) in [6.45, 7) is 6.46. The zero-order chi connectivity index (χ0) is 19.8. The number of amides is 1. The van der Waals surface area contributed by atoms with Gasteiger partial charge in [0.05, 0.1) is 11.3 Å². The van der Waals surface area contributed by atoms with Gasteiger partial charge in [0.2, 0.25) is 0 Å². The minimum absolute atomic E-state index is 0.0917. The lowest BCUT2D eigenvalue weighted by Crippen LogP contribution is -2.51.